The van der Waals surface area contributed by atoms with Crippen molar-refractivity contribution in [1.82, 2.24) is 15.5 Å². The van der Waals surface area contributed by atoms with Gasteiger partial charge >= 0.3 is 12.2 Å². The second-order valence-corrected chi connectivity index (χ2v) is 8.85. The Hall–Kier alpha value is -4.20. The molecule has 0 fully saturated rings. The summed E-state index contributed by atoms with van der Waals surface area (Å²) in [4.78, 5) is 24.0. The van der Waals surface area contributed by atoms with Crippen molar-refractivity contribution in [2.24, 2.45) is 0 Å². The van der Waals surface area contributed by atoms with Gasteiger partial charge in [0.05, 0.1) is 24.5 Å². The molecule has 2 aromatic carbocycles. The van der Waals surface area contributed by atoms with Gasteiger partial charge in [0.25, 0.3) is 0 Å². The van der Waals surface area contributed by atoms with Crippen molar-refractivity contribution in [2.75, 3.05) is 12.4 Å². The van der Waals surface area contributed by atoms with Crippen LogP contribution >= 0.6 is 0 Å². The van der Waals surface area contributed by atoms with Gasteiger partial charge in [0.2, 0.25) is 0 Å². The average Bonchev–Trinajstić information content (AvgIpc) is 2.83. The van der Waals surface area contributed by atoms with Gasteiger partial charge in [0, 0.05) is 17.7 Å². The lowest BCUT2D eigenvalue weighted by Gasteiger charge is -2.24. The van der Waals surface area contributed by atoms with E-state index < -0.39 is 17.8 Å². The van der Waals surface area contributed by atoms with Gasteiger partial charge in [-0.15, -0.1) is 0 Å². The molecular weight excluding hydrogens is 444 g/mol. The van der Waals surface area contributed by atoms with Crippen molar-refractivity contribution in [3.05, 3.63) is 84.2 Å². The van der Waals surface area contributed by atoms with Crippen LogP contribution in [0.25, 0.3) is 17.2 Å². The minimum atomic E-state index is -0.612. The van der Waals surface area contributed by atoms with E-state index in [9.17, 15) is 9.59 Å². The van der Waals surface area contributed by atoms with Crippen LogP contribution in [0.1, 0.15) is 43.8 Å². The van der Waals surface area contributed by atoms with E-state index in [0.29, 0.717) is 23.5 Å². The van der Waals surface area contributed by atoms with Crippen molar-refractivity contribution in [3.8, 4) is 11.1 Å². The van der Waals surface area contributed by atoms with Gasteiger partial charge in [0.1, 0.15) is 5.60 Å². The predicted molar refractivity (Wildman–Crippen MR) is 136 cm³/mol. The van der Waals surface area contributed by atoms with Crippen molar-refractivity contribution < 1.29 is 19.1 Å². The second-order valence-electron chi connectivity index (χ2n) is 8.85. The number of hydrogen-bond acceptors (Lipinski definition) is 6. The molecule has 0 spiro atoms. The largest absolute Gasteiger partial charge is 0.453 e. The standard InChI is InChI=1S/C27H30N4O4/c1-6-23-22(18-12-14-20(15-13-18)28-25(32)34-5)16-21(30-31-23)17-24(19-10-8-7-9-11-19)29-26(33)35-27(2,3)4/h6-16,24H,1,17H2,2-5H3,(H,28,32)(H,29,33)/t24-/m0/s1. The van der Waals surface area contributed by atoms with Crippen LogP contribution in [0.5, 0.6) is 0 Å². The maximum atomic E-state index is 12.5. The number of aromatic nitrogens is 2. The quantitative estimate of drug-likeness (QED) is 0.450. The minimum Gasteiger partial charge on any atom is -0.453 e. The molecule has 0 unspecified atom stereocenters. The van der Waals surface area contributed by atoms with Crippen LogP contribution in [0, 0.1) is 0 Å². The van der Waals surface area contributed by atoms with Crippen LogP contribution in [0.2, 0.25) is 0 Å². The highest BCUT2D eigenvalue weighted by Crippen LogP contribution is 2.27. The highest BCUT2D eigenvalue weighted by Gasteiger charge is 2.22. The maximum absolute atomic E-state index is 12.5. The molecule has 1 heterocycles. The number of nitrogens with zero attached hydrogens (tertiary/aromatic N) is 2. The summed E-state index contributed by atoms with van der Waals surface area (Å²) < 4.78 is 10.1. The Morgan fingerprint density at radius 2 is 1.71 bits per heavy atom. The van der Waals surface area contributed by atoms with Crippen LogP contribution in [0.15, 0.2) is 67.2 Å². The van der Waals surface area contributed by atoms with Gasteiger partial charge in [-0.3, -0.25) is 5.32 Å². The SMILES string of the molecule is C=Cc1nnc(C[C@H](NC(=O)OC(C)(C)C)c2ccccc2)cc1-c1ccc(NC(=O)OC)cc1. The first-order valence-corrected chi connectivity index (χ1v) is 11.2. The van der Waals surface area contributed by atoms with Crippen molar-refractivity contribution >= 4 is 23.9 Å². The van der Waals surface area contributed by atoms with Crippen LogP contribution in [0.3, 0.4) is 0 Å². The molecular formula is C27H30N4O4. The molecule has 3 rings (SSSR count). The van der Waals surface area contributed by atoms with E-state index in [1.54, 1.807) is 18.2 Å². The Balaban J connectivity index is 1.89. The highest BCUT2D eigenvalue weighted by molar-refractivity contribution is 5.85. The summed E-state index contributed by atoms with van der Waals surface area (Å²) >= 11 is 0. The Bertz CT molecular complexity index is 1170. The van der Waals surface area contributed by atoms with Gasteiger partial charge in [-0.1, -0.05) is 49.0 Å². The summed E-state index contributed by atoms with van der Waals surface area (Å²) in [6.07, 6.45) is 1.00. The average molecular weight is 475 g/mol. The van der Waals surface area contributed by atoms with E-state index in [1.165, 1.54) is 7.11 Å². The van der Waals surface area contributed by atoms with Gasteiger partial charge < -0.3 is 14.8 Å². The first kappa shape index (κ1) is 25.4. The molecule has 2 amide bonds. The summed E-state index contributed by atoms with van der Waals surface area (Å²) in [5.74, 6) is 0. The van der Waals surface area contributed by atoms with Gasteiger partial charge in [0.15, 0.2) is 0 Å². The van der Waals surface area contributed by atoms with Crippen molar-refractivity contribution in [3.63, 3.8) is 0 Å². The lowest BCUT2D eigenvalue weighted by atomic mass is 9.98. The molecule has 0 saturated carbocycles. The molecule has 0 bridgehead atoms. The molecule has 0 saturated heterocycles. The number of rotatable bonds is 7. The van der Waals surface area contributed by atoms with Crippen molar-refractivity contribution in [2.45, 2.75) is 38.8 Å². The zero-order valence-electron chi connectivity index (χ0n) is 20.4. The van der Waals surface area contributed by atoms with Crippen LogP contribution in [-0.4, -0.2) is 35.1 Å². The molecule has 0 aliphatic carbocycles. The molecule has 1 aromatic heterocycles. The topological polar surface area (TPSA) is 102 Å². The van der Waals surface area contributed by atoms with Crippen LogP contribution < -0.4 is 10.6 Å². The fraction of sp³-hybridized carbons (Fsp3) is 0.259. The predicted octanol–water partition coefficient (Wildman–Crippen LogP) is 5.77. The molecule has 8 heteroatoms. The summed E-state index contributed by atoms with van der Waals surface area (Å²) in [5, 5.41) is 14.3. The number of ether oxygens (including phenoxy) is 2. The molecule has 0 aliphatic heterocycles. The monoisotopic (exact) mass is 474 g/mol. The third-order valence-electron chi connectivity index (χ3n) is 5.00. The third-order valence-corrected chi connectivity index (χ3v) is 5.00. The normalized spacial score (nSPS) is 11.8. The number of carbonyl (C=O) groups is 2. The Kier molecular flexibility index (Phi) is 8.20. The van der Waals surface area contributed by atoms with Crippen molar-refractivity contribution in [1.29, 1.82) is 0 Å². The summed E-state index contributed by atoms with van der Waals surface area (Å²) in [7, 11) is 1.31. The first-order valence-electron chi connectivity index (χ1n) is 11.2. The van der Waals surface area contributed by atoms with E-state index in [-0.39, 0.29) is 6.04 Å². The molecule has 182 valence electrons. The summed E-state index contributed by atoms with van der Waals surface area (Å²) in [6.45, 7) is 9.31. The fourth-order valence-corrected chi connectivity index (χ4v) is 3.42. The molecule has 3 aromatic rings. The second kappa shape index (κ2) is 11.3. The van der Waals surface area contributed by atoms with E-state index in [4.69, 9.17) is 4.74 Å². The number of benzene rings is 2. The highest BCUT2D eigenvalue weighted by atomic mass is 16.6. The van der Waals surface area contributed by atoms with Crippen LogP contribution in [-0.2, 0) is 15.9 Å². The van der Waals surface area contributed by atoms with Gasteiger partial charge in [-0.25, -0.2) is 9.59 Å². The van der Waals surface area contributed by atoms with E-state index in [2.05, 4.69) is 32.1 Å². The molecule has 0 aliphatic rings. The van der Waals surface area contributed by atoms with E-state index in [1.807, 2.05) is 69.3 Å². The molecule has 35 heavy (non-hydrogen) atoms. The van der Waals surface area contributed by atoms with Gasteiger partial charge in [-0.05, 0) is 56.2 Å². The number of nitrogens with one attached hydrogen (secondary N) is 2. The minimum absolute atomic E-state index is 0.366. The number of amides is 2. The van der Waals surface area contributed by atoms with Crippen LogP contribution in [0.4, 0.5) is 15.3 Å². The summed E-state index contributed by atoms with van der Waals surface area (Å²) in [6, 6.07) is 18.5. The Morgan fingerprint density at radius 1 is 1.03 bits per heavy atom. The number of hydrogen-bond donors (Lipinski definition) is 2. The molecule has 8 nitrogen and oxygen atoms in total. The molecule has 2 N–H and O–H groups in total. The molecule has 1 atom stereocenters. The number of carbonyl (C=O) groups excluding carboxylic acids is 2. The maximum Gasteiger partial charge on any atom is 0.411 e. The number of anilines is 1. The molecule has 0 radical (unpaired) electrons. The Morgan fingerprint density at radius 3 is 2.31 bits per heavy atom. The fourth-order valence-electron chi connectivity index (χ4n) is 3.42. The number of alkyl carbamates (subject to hydrolysis) is 1. The van der Waals surface area contributed by atoms with Gasteiger partial charge in [-0.2, -0.15) is 10.2 Å². The third kappa shape index (κ3) is 7.40. The number of methoxy groups -OCH3 is 1. The van der Waals surface area contributed by atoms with E-state index >= 15 is 0 Å². The zero-order chi connectivity index (χ0) is 25.4. The zero-order valence-corrected chi connectivity index (χ0v) is 20.4. The lowest BCUT2D eigenvalue weighted by Crippen LogP contribution is -2.35. The van der Waals surface area contributed by atoms with E-state index in [0.717, 1.165) is 16.7 Å². The summed E-state index contributed by atoms with van der Waals surface area (Å²) in [5.41, 5.74) is 3.94. The lowest BCUT2D eigenvalue weighted by molar-refractivity contribution is 0.0503. The Labute approximate surface area is 205 Å². The smallest absolute Gasteiger partial charge is 0.411 e. The first-order chi connectivity index (χ1) is 16.7.